The molecule has 0 aliphatic rings. The van der Waals surface area contributed by atoms with Gasteiger partial charge in [0.2, 0.25) is 0 Å². The third-order valence-corrected chi connectivity index (χ3v) is 8.34. The summed E-state index contributed by atoms with van der Waals surface area (Å²) >= 11 is 30.2. The molecule has 0 bridgehead atoms. The van der Waals surface area contributed by atoms with Crippen LogP contribution in [0.3, 0.4) is 0 Å². The summed E-state index contributed by atoms with van der Waals surface area (Å²) in [5.74, 6) is -1.09. The third-order valence-electron chi connectivity index (χ3n) is 4.37. The van der Waals surface area contributed by atoms with Crippen LogP contribution in [0.1, 0.15) is 23.2 Å². The van der Waals surface area contributed by atoms with Crippen LogP contribution in [0.25, 0.3) is 0 Å². The van der Waals surface area contributed by atoms with Crippen molar-refractivity contribution in [1.82, 2.24) is 0 Å². The largest absolute Gasteiger partial charge is 0.506 e. The van der Waals surface area contributed by atoms with Crippen molar-refractivity contribution < 1.29 is 27.5 Å². The normalized spacial score (nSPS) is 11.5. The molecule has 33 heavy (non-hydrogen) atoms. The molecule has 0 fully saturated rings. The molecule has 0 spiro atoms. The SMILES string of the molecule is CCS(=O)(=O)c1ccc(O)c(NC(=O)c2ccc(COc3c(Cl)c(Cl)c(Cl)c(Cl)c3Cl)o2)c1. The van der Waals surface area contributed by atoms with Crippen LogP contribution in [0.2, 0.25) is 25.1 Å². The van der Waals surface area contributed by atoms with Gasteiger partial charge in [-0.2, -0.15) is 0 Å². The first-order chi connectivity index (χ1) is 15.5. The van der Waals surface area contributed by atoms with Crippen LogP contribution in [0, 0.1) is 0 Å². The molecule has 0 radical (unpaired) electrons. The zero-order chi connectivity index (χ0) is 24.5. The number of anilines is 1. The quantitative estimate of drug-likeness (QED) is 0.181. The molecule has 7 nitrogen and oxygen atoms in total. The van der Waals surface area contributed by atoms with Gasteiger partial charge >= 0.3 is 0 Å². The Morgan fingerprint density at radius 1 is 1.00 bits per heavy atom. The molecule has 0 atom stereocenters. The van der Waals surface area contributed by atoms with Crippen molar-refractivity contribution in [3.63, 3.8) is 0 Å². The van der Waals surface area contributed by atoms with Gasteiger partial charge in [-0.1, -0.05) is 64.9 Å². The molecular formula is C20H14Cl5NO6S. The van der Waals surface area contributed by atoms with Gasteiger partial charge in [-0.15, -0.1) is 0 Å². The lowest BCUT2D eigenvalue weighted by molar-refractivity contribution is 0.0992. The summed E-state index contributed by atoms with van der Waals surface area (Å²) in [6.45, 7) is 1.30. The maximum atomic E-state index is 12.5. The monoisotopic (exact) mass is 571 g/mol. The summed E-state index contributed by atoms with van der Waals surface area (Å²) in [7, 11) is -3.53. The number of hydrogen-bond acceptors (Lipinski definition) is 6. The van der Waals surface area contributed by atoms with E-state index in [1.807, 2.05) is 0 Å². The van der Waals surface area contributed by atoms with E-state index >= 15 is 0 Å². The fourth-order valence-corrected chi connectivity index (χ4v) is 4.73. The summed E-state index contributed by atoms with van der Waals surface area (Å²) in [5, 5.41) is 12.2. The number of furan rings is 1. The van der Waals surface area contributed by atoms with Gasteiger partial charge in [0.25, 0.3) is 5.91 Å². The van der Waals surface area contributed by atoms with Gasteiger partial charge in [0.05, 0.1) is 31.4 Å². The highest BCUT2D eigenvalue weighted by Crippen LogP contribution is 2.48. The average Bonchev–Trinajstić information content (AvgIpc) is 3.27. The number of rotatable bonds is 7. The molecule has 13 heteroatoms. The zero-order valence-electron chi connectivity index (χ0n) is 16.6. The minimum atomic E-state index is -3.53. The summed E-state index contributed by atoms with van der Waals surface area (Å²) in [4.78, 5) is 12.5. The molecule has 2 N–H and O–H groups in total. The third kappa shape index (κ3) is 5.48. The van der Waals surface area contributed by atoms with Crippen LogP contribution in [-0.2, 0) is 16.4 Å². The molecule has 1 heterocycles. The Labute approximate surface area is 214 Å². The van der Waals surface area contributed by atoms with E-state index in [4.69, 9.17) is 67.2 Å². The molecule has 3 aromatic rings. The van der Waals surface area contributed by atoms with Gasteiger partial charge in [-0.05, 0) is 30.3 Å². The molecule has 0 unspecified atom stereocenters. The highest BCUT2D eigenvalue weighted by Gasteiger charge is 2.22. The fourth-order valence-electron chi connectivity index (χ4n) is 2.59. The predicted molar refractivity (Wildman–Crippen MR) is 128 cm³/mol. The molecule has 0 saturated heterocycles. The van der Waals surface area contributed by atoms with Crippen molar-refractivity contribution in [2.24, 2.45) is 0 Å². The first-order valence-electron chi connectivity index (χ1n) is 9.06. The van der Waals surface area contributed by atoms with Gasteiger partial charge in [0, 0.05) is 0 Å². The standard InChI is InChI=1S/C20H14Cl5NO6S/c1-2-33(29,30)10-4-5-12(27)11(7-10)26-20(28)13-6-3-9(32-13)8-31-19-17(24)15(22)14(21)16(23)18(19)25/h3-7,27H,2,8H2,1H3,(H,26,28). The van der Waals surface area contributed by atoms with Crippen molar-refractivity contribution in [1.29, 1.82) is 0 Å². The minimum Gasteiger partial charge on any atom is -0.506 e. The number of amides is 1. The molecule has 1 amide bonds. The smallest absolute Gasteiger partial charge is 0.291 e. The number of phenols is 1. The summed E-state index contributed by atoms with van der Waals surface area (Å²) in [6.07, 6.45) is 0. The molecule has 1 aromatic heterocycles. The van der Waals surface area contributed by atoms with Crippen LogP contribution in [-0.4, -0.2) is 25.2 Å². The van der Waals surface area contributed by atoms with Crippen LogP contribution in [0.5, 0.6) is 11.5 Å². The van der Waals surface area contributed by atoms with Crippen molar-refractivity contribution in [2.45, 2.75) is 18.4 Å². The number of nitrogens with one attached hydrogen (secondary N) is 1. The van der Waals surface area contributed by atoms with E-state index in [9.17, 15) is 18.3 Å². The number of hydrogen-bond donors (Lipinski definition) is 2. The highest BCUT2D eigenvalue weighted by atomic mass is 35.5. The van der Waals surface area contributed by atoms with Gasteiger partial charge < -0.3 is 19.6 Å². The van der Waals surface area contributed by atoms with Crippen LogP contribution in [0.4, 0.5) is 5.69 Å². The summed E-state index contributed by atoms with van der Waals surface area (Å²) < 4.78 is 35.1. The number of sulfone groups is 1. The lowest BCUT2D eigenvalue weighted by Gasteiger charge is -2.12. The molecule has 0 saturated carbocycles. The van der Waals surface area contributed by atoms with E-state index in [0.717, 1.165) is 6.07 Å². The molecule has 0 aliphatic heterocycles. The van der Waals surface area contributed by atoms with E-state index in [2.05, 4.69) is 5.32 Å². The van der Waals surface area contributed by atoms with E-state index in [1.165, 1.54) is 31.2 Å². The fraction of sp³-hybridized carbons (Fsp3) is 0.150. The summed E-state index contributed by atoms with van der Waals surface area (Å²) in [6, 6.07) is 6.42. The summed E-state index contributed by atoms with van der Waals surface area (Å²) in [5.41, 5.74) is -0.0901. The second-order valence-electron chi connectivity index (χ2n) is 6.49. The number of carbonyl (C=O) groups is 1. The van der Waals surface area contributed by atoms with Crippen molar-refractivity contribution in [3.8, 4) is 11.5 Å². The Morgan fingerprint density at radius 2 is 1.61 bits per heavy atom. The number of carbonyl (C=O) groups excluding carboxylic acids is 1. The Bertz CT molecular complexity index is 1310. The van der Waals surface area contributed by atoms with Crippen molar-refractivity contribution in [2.75, 3.05) is 11.1 Å². The zero-order valence-corrected chi connectivity index (χ0v) is 21.2. The maximum Gasteiger partial charge on any atom is 0.291 e. The van der Waals surface area contributed by atoms with E-state index in [0.29, 0.717) is 0 Å². The Morgan fingerprint density at radius 3 is 2.21 bits per heavy atom. The second kappa shape index (κ2) is 10.2. The molecule has 3 rings (SSSR count). The number of ether oxygens (including phenoxy) is 1. The topological polar surface area (TPSA) is 106 Å². The minimum absolute atomic E-state index is 0.0148. The van der Waals surface area contributed by atoms with Crippen molar-refractivity contribution in [3.05, 3.63) is 67.0 Å². The number of aromatic hydroxyl groups is 1. The maximum absolute atomic E-state index is 12.5. The van der Waals surface area contributed by atoms with Crippen LogP contribution >= 0.6 is 58.0 Å². The van der Waals surface area contributed by atoms with Gasteiger partial charge in [0.1, 0.15) is 28.2 Å². The van der Waals surface area contributed by atoms with Crippen LogP contribution in [0.15, 0.2) is 39.6 Å². The Balaban J connectivity index is 1.76. The molecule has 2 aromatic carbocycles. The number of benzene rings is 2. The number of halogens is 5. The predicted octanol–water partition coefficient (Wildman–Crippen LogP) is 6.88. The lowest BCUT2D eigenvalue weighted by Crippen LogP contribution is -2.12. The molecule has 0 aliphatic carbocycles. The first-order valence-corrected chi connectivity index (χ1v) is 12.6. The Hall–Kier alpha value is -1.81. The average molecular weight is 574 g/mol. The van der Waals surface area contributed by atoms with Crippen molar-refractivity contribution >= 4 is 79.4 Å². The first kappa shape index (κ1) is 25.8. The molecular weight excluding hydrogens is 560 g/mol. The second-order valence-corrected chi connectivity index (χ2v) is 10.7. The Kier molecular flexibility index (Phi) is 7.99. The van der Waals surface area contributed by atoms with Gasteiger partial charge in [-0.3, -0.25) is 4.79 Å². The van der Waals surface area contributed by atoms with Gasteiger partial charge in [-0.25, -0.2) is 8.42 Å². The van der Waals surface area contributed by atoms with Gasteiger partial charge in [0.15, 0.2) is 21.3 Å². The van der Waals surface area contributed by atoms with Crippen LogP contribution < -0.4 is 10.1 Å². The lowest BCUT2D eigenvalue weighted by atomic mass is 10.3. The number of phenolic OH excluding ortho intramolecular Hbond substituents is 1. The highest BCUT2D eigenvalue weighted by molar-refractivity contribution is 7.91. The van der Waals surface area contributed by atoms with E-state index < -0.39 is 15.7 Å². The van der Waals surface area contributed by atoms with E-state index in [-0.39, 0.29) is 71.1 Å². The molecule has 176 valence electrons. The van der Waals surface area contributed by atoms with E-state index in [1.54, 1.807) is 0 Å².